The fourth-order valence-corrected chi connectivity index (χ4v) is 3.67. The summed E-state index contributed by atoms with van der Waals surface area (Å²) in [5, 5.41) is 0.705. The number of aryl methyl sites for hydroxylation is 1. The molecule has 1 aromatic heterocycles. The Labute approximate surface area is 176 Å². The number of hydrogen-bond acceptors (Lipinski definition) is 2. The van der Waals surface area contributed by atoms with Crippen molar-refractivity contribution in [2.75, 3.05) is 6.61 Å². The second-order valence-electron chi connectivity index (χ2n) is 6.93. The Bertz CT molecular complexity index is 1090. The number of halogens is 1. The number of aromatic nitrogens is 2. The molecule has 0 aliphatic carbocycles. The van der Waals surface area contributed by atoms with Gasteiger partial charge in [0.25, 0.3) is 0 Å². The lowest BCUT2D eigenvalue weighted by molar-refractivity contribution is 0.0873. The van der Waals surface area contributed by atoms with E-state index in [4.69, 9.17) is 21.3 Å². The van der Waals surface area contributed by atoms with Crippen molar-refractivity contribution >= 4 is 11.6 Å². The summed E-state index contributed by atoms with van der Waals surface area (Å²) in [5.74, 6) is 0.881. The molecule has 4 rings (SSSR count). The van der Waals surface area contributed by atoms with Crippen LogP contribution in [0, 0.1) is 6.92 Å². The van der Waals surface area contributed by atoms with Gasteiger partial charge in [-0.1, -0.05) is 65.7 Å². The molecule has 3 nitrogen and oxygen atoms in total. The monoisotopic (exact) mass is 402 g/mol. The molecular weight excluding hydrogens is 380 g/mol. The van der Waals surface area contributed by atoms with Crippen molar-refractivity contribution < 1.29 is 4.74 Å². The van der Waals surface area contributed by atoms with Crippen molar-refractivity contribution in [2.45, 2.75) is 20.0 Å². The van der Waals surface area contributed by atoms with Crippen LogP contribution < -0.4 is 0 Å². The molecule has 0 amide bonds. The highest BCUT2D eigenvalue weighted by molar-refractivity contribution is 6.30. The molecule has 0 fully saturated rings. The smallest absolute Gasteiger partial charge is 0.144 e. The van der Waals surface area contributed by atoms with E-state index in [1.807, 2.05) is 55.6 Å². The van der Waals surface area contributed by atoms with Gasteiger partial charge < -0.3 is 4.74 Å². The van der Waals surface area contributed by atoms with Crippen LogP contribution in [0.1, 0.15) is 29.8 Å². The molecule has 0 aliphatic heterocycles. The summed E-state index contributed by atoms with van der Waals surface area (Å²) in [5.41, 5.74) is 5.34. The second-order valence-corrected chi connectivity index (χ2v) is 7.37. The maximum Gasteiger partial charge on any atom is 0.144 e. The first-order valence-electron chi connectivity index (χ1n) is 9.74. The van der Waals surface area contributed by atoms with E-state index >= 15 is 0 Å². The van der Waals surface area contributed by atoms with E-state index in [0.717, 1.165) is 28.3 Å². The number of benzene rings is 3. The number of hydrogen-bond donors (Lipinski definition) is 0. The minimum absolute atomic E-state index is 0.220. The number of rotatable bonds is 6. The van der Waals surface area contributed by atoms with Crippen molar-refractivity contribution in [3.05, 3.63) is 107 Å². The quantitative estimate of drug-likeness (QED) is 0.362. The van der Waals surface area contributed by atoms with E-state index in [0.29, 0.717) is 11.6 Å². The van der Waals surface area contributed by atoms with Crippen LogP contribution in [0.15, 0.2) is 85.1 Å². The van der Waals surface area contributed by atoms with Gasteiger partial charge in [0, 0.05) is 22.9 Å². The summed E-state index contributed by atoms with van der Waals surface area (Å²) in [6, 6.07) is 26.5. The molecule has 1 atom stereocenters. The highest BCUT2D eigenvalue weighted by Gasteiger charge is 2.23. The van der Waals surface area contributed by atoms with Crippen LogP contribution in [0.5, 0.6) is 0 Å². The van der Waals surface area contributed by atoms with Gasteiger partial charge in [-0.05, 0) is 49.7 Å². The zero-order valence-electron chi connectivity index (χ0n) is 16.5. The van der Waals surface area contributed by atoms with Gasteiger partial charge in [-0.3, -0.25) is 4.57 Å². The maximum atomic E-state index is 6.19. The SMILES string of the molecule is CCOC(c1ccccc1)c1cnc(-c2cccc(C)c2)n1-c1ccc(Cl)cc1. The first kappa shape index (κ1) is 19.4. The zero-order chi connectivity index (χ0) is 20.2. The van der Waals surface area contributed by atoms with Crippen LogP contribution >= 0.6 is 11.6 Å². The topological polar surface area (TPSA) is 27.1 Å². The second kappa shape index (κ2) is 8.64. The van der Waals surface area contributed by atoms with Gasteiger partial charge >= 0.3 is 0 Å². The lowest BCUT2D eigenvalue weighted by Crippen LogP contribution is -2.12. The maximum absolute atomic E-state index is 6.19. The lowest BCUT2D eigenvalue weighted by atomic mass is 10.1. The van der Waals surface area contributed by atoms with Crippen LogP contribution in [0.25, 0.3) is 17.1 Å². The summed E-state index contributed by atoms with van der Waals surface area (Å²) in [6.45, 7) is 4.71. The van der Waals surface area contributed by atoms with Crippen LogP contribution in [-0.4, -0.2) is 16.2 Å². The van der Waals surface area contributed by atoms with Crippen LogP contribution in [0.2, 0.25) is 5.02 Å². The van der Waals surface area contributed by atoms with Crippen LogP contribution in [-0.2, 0) is 4.74 Å². The standard InChI is InChI=1S/C25H23ClN2O/c1-3-29-24(19-9-5-4-6-10-19)23-17-27-25(20-11-7-8-18(2)16-20)28(23)22-14-12-21(26)13-15-22/h4-17,24H,3H2,1-2H3. The molecule has 0 saturated heterocycles. The minimum Gasteiger partial charge on any atom is -0.367 e. The molecule has 4 aromatic rings. The fourth-order valence-electron chi connectivity index (χ4n) is 3.55. The van der Waals surface area contributed by atoms with E-state index in [9.17, 15) is 0 Å². The van der Waals surface area contributed by atoms with Gasteiger partial charge in [0.05, 0.1) is 11.9 Å². The van der Waals surface area contributed by atoms with Crippen LogP contribution in [0.4, 0.5) is 0 Å². The average molecular weight is 403 g/mol. The van der Waals surface area contributed by atoms with Crippen molar-refractivity contribution in [3.8, 4) is 17.1 Å². The molecule has 1 unspecified atom stereocenters. The third-order valence-corrected chi connectivity index (χ3v) is 5.11. The van der Waals surface area contributed by atoms with Gasteiger partial charge in [0.2, 0.25) is 0 Å². The number of nitrogens with zero attached hydrogens (tertiary/aromatic N) is 2. The Morgan fingerprint density at radius 3 is 2.41 bits per heavy atom. The molecule has 4 heteroatoms. The summed E-state index contributed by atoms with van der Waals surface area (Å²) in [4.78, 5) is 4.80. The zero-order valence-corrected chi connectivity index (χ0v) is 17.3. The molecule has 29 heavy (non-hydrogen) atoms. The molecule has 0 N–H and O–H groups in total. The first-order chi connectivity index (χ1) is 14.2. The third kappa shape index (κ3) is 4.12. The highest BCUT2D eigenvalue weighted by atomic mass is 35.5. The average Bonchev–Trinajstić information content (AvgIpc) is 3.18. The van der Waals surface area contributed by atoms with Gasteiger partial charge in [0.1, 0.15) is 11.9 Å². The van der Waals surface area contributed by atoms with E-state index in [1.54, 1.807) is 0 Å². The largest absolute Gasteiger partial charge is 0.367 e. The van der Waals surface area contributed by atoms with Gasteiger partial charge in [-0.15, -0.1) is 0 Å². The summed E-state index contributed by atoms with van der Waals surface area (Å²) in [6.07, 6.45) is 1.70. The van der Waals surface area contributed by atoms with Gasteiger partial charge in [-0.25, -0.2) is 4.98 Å². The first-order valence-corrected chi connectivity index (χ1v) is 10.1. The molecule has 0 aliphatic rings. The van der Waals surface area contributed by atoms with Crippen molar-refractivity contribution in [1.29, 1.82) is 0 Å². The van der Waals surface area contributed by atoms with Crippen molar-refractivity contribution in [3.63, 3.8) is 0 Å². The molecule has 146 valence electrons. The molecule has 0 radical (unpaired) electrons. The number of imidazole rings is 1. The Balaban J connectivity index is 1.93. The summed E-state index contributed by atoms with van der Waals surface area (Å²) < 4.78 is 8.35. The molecule has 0 spiro atoms. The fraction of sp³-hybridized carbons (Fsp3) is 0.160. The van der Waals surface area contributed by atoms with E-state index in [2.05, 4.69) is 47.9 Å². The Hall–Kier alpha value is -2.88. The van der Waals surface area contributed by atoms with Gasteiger partial charge in [0.15, 0.2) is 0 Å². The molecule has 1 heterocycles. The van der Waals surface area contributed by atoms with Gasteiger partial charge in [-0.2, -0.15) is 0 Å². The van der Waals surface area contributed by atoms with Crippen LogP contribution in [0.3, 0.4) is 0 Å². The summed E-state index contributed by atoms with van der Waals surface area (Å²) in [7, 11) is 0. The number of ether oxygens (including phenoxy) is 1. The summed E-state index contributed by atoms with van der Waals surface area (Å²) >= 11 is 6.15. The predicted octanol–water partition coefficient (Wildman–Crippen LogP) is 6.63. The van der Waals surface area contributed by atoms with E-state index in [1.165, 1.54) is 5.56 Å². The molecule has 0 bridgehead atoms. The molecule has 0 saturated carbocycles. The third-order valence-electron chi connectivity index (χ3n) is 4.85. The molecular formula is C25H23ClN2O. The minimum atomic E-state index is -0.220. The highest BCUT2D eigenvalue weighted by Crippen LogP contribution is 2.33. The van der Waals surface area contributed by atoms with E-state index < -0.39 is 0 Å². The molecule has 3 aromatic carbocycles. The Morgan fingerprint density at radius 2 is 1.72 bits per heavy atom. The van der Waals surface area contributed by atoms with Crippen molar-refractivity contribution in [1.82, 2.24) is 9.55 Å². The van der Waals surface area contributed by atoms with E-state index in [-0.39, 0.29) is 6.10 Å². The lowest BCUT2D eigenvalue weighted by Gasteiger charge is -2.21. The Morgan fingerprint density at radius 1 is 0.966 bits per heavy atom. The van der Waals surface area contributed by atoms with Crippen molar-refractivity contribution in [2.24, 2.45) is 0 Å². The normalized spacial score (nSPS) is 12.1. The Kier molecular flexibility index (Phi) is 5.79. The predicted molar refractivity (Wildman–Crippen MR) is 119 cm³/mol.